The number of aliphatic hydroxyl groups excluding tert-OH is 7. The highest BCUT2D eigenvalue weighted by atomic mass is 19.1. The average molecular weight is 344 g/mol. The van der Waals surface area contributed by atoms with Gasteiger partial charge in [0.1, 0.15) is 42.7 Å². The lowest BCUT2D eigenvalue weighted by molar-refractivity contribution is -0.351. The molecule has 2 heterocycles. The quantitative estimate of drug-likeness (QED) is 0.264. The van der Waals surface area contributed by atoms with Crippen molar-refractivity contribution in [3.8, 4) is 0 Å². The first kappa shape index (κ1) is 18.9. The smallest absolute Gasteiger partial charge is 0.187 e. The van der Waals surface area contributed by atoms with Crippen molar-refractivity contribution in [1.29, 1.82) is 0 Å². The molecule has 10 atom stereocenters. The molecule has 0 aromatic rings. The van der Waals surface area contributed by atoms with Crippen LogP contribution in [0.15, 0.2) is 0 Å². The van der Waals surface area contributed by atoms with Gasteiger partial charge in [-0.1, -0.05) is 0 Å². The van der Waals surface area contributed by atoms with Crippen LogP contribution in [0.1, 0.15) is 0 Å². The molecule has 7 N–H and O–H groups in total. The van der Waals surface area contributed by atoms with Crippen molar-refractivity contribution >= 4 is 0 Å². The summed E-state index contributed by atoms with van der Waals surface area (Å²) in [5, 5.41) is 66.5. The fraction of sp³-hybridized carbons (Fsp3) is 1.00. The zero-order valence-corrected chi connectivity index (χ0v) is 11.9. The fourth-order valence-electron chi connectivity index (χ4n) is 2.54. The summed E-state index contributed by atoms with van der Waals surface area (Å²) in [4.78, 5) is 0. The van der Waals surface area contributed by atoms with Crippen LogP contribution in [0.3, 0.4) is 0 Å². The monoisotopic (exact) mass is 344 g/mol. The van der Waals surface area contributed by atoms with Crippen molar-refractivity contribution in [1.82, 2.24) is 0 Å². The summed E-state index contributed by atoms with van der Waals surface area (Å²) in [6.45, 7) is -1.49. The number of alkyl halides is 1. The first-order valence-corrected chi connectivity index (χ1v) is 7.04. The van der Waals surface area contributed by atoms with Gasteiger partial charge in [-0.15, -0.1) is 0 Å². The molecule has 0 aromatic carbocycles. The van der Waals surface area contributed by atoms with Gasteiger partial charge < -0.3 is 50.0 Å². The van der Waals surface area contributed by atoms with Gasteiger partial charge in [-0.25, -0.2) is 4.39 Å². The molecule has 0 amide bonds. The summed E-state index contributed by atoms with van der Waals surface area (Å²) >= 11 is 0. The van der Waals surface area contributed by atoms with E-state index in [0.29, 0.717) is 0 Å². The number of ether oxygens (including phenoxy) is 3. The number of rotatable bonds is 4. The lowest BCUT2D eigenvalue weighted by atomic mass is 9.97. The normalized spacial score (nSPS) is 51.7. The van der Waals surface area contributed by atoms with Gasteiger partial charge in [-0.3, -0.25) is 0 Å². The second kappa shape index (κ2) is 7.61. The minimum Gasteiger partial charge on any atom is -0.394 e. The molecule has 0 unspecified atom stereocenters. The molecule has 10 nitrogen and oxygen atoms in total. The Kier molecular flexibility index (Phi) is 6.24. The third-order valence-corrected chi connectivity index (χ3v) is 3.93. The molecule has 0 bridgehead atoms. The van der Waals surface area contributed by atoms with Gasteiger partial charge in [0.25, 0.3) is 0 Å². The predicted octanol–water partition coefficient (Wildman–Crippen LogP) is -4.42. The van der Waals surface area contributed by atoms with Crippen LogP contribution in [0, 0.1) is 0 Å². The Morgan fingerprint density at radius 1 is 0.783 bits per heavy atom. The molecule has 0 saturated carbocycles. The summed E-state index contributed by atoms with van der Waals surface area (Å²) < 4.78 is 28.7. The van der Waals surface area contributed by atoms with Crippen molar-refractivity contribution in [2.45, 2.75) is 61.5 Å². The molecule has 2 fully saturated rings. The van der Waals surface area contributed by atoms with Crippen molar-refractivity contribution in [3.05, 3.63) is 0 Å². The van der Waals surface area contributed by atoms with Crippen molar-refractivity contribution in [2.24, 2.45) is 0 Å². The van der Waals surface area contributed by atoms with Gasteiger partial charge in [0.2, 0.25) is 0 Å². The standard InChI is InChI=1S/C12H21FO10/c13-5-3(1-14)22-12(9(19)6(5)16)23-10-4(2-15)21-11(20)8(18)7(10)17/h3-12,14-20H,1-2H2/t3-,4-,5+,6+,7-,8-,9-,10-,11-,12+/m1/s1. The van der Waals surface area contributed by atoms with E-state index in [-0.39, 0.29) is 0 Å². The molecule has 0 spiro atoms. The van der Waals surface area contributed by atoms with Gasteiger partial charge in [0.15, 0.2) is 18.8 Å². The van der Waals surface area contributed by atoms with Crippen LogP contribution in [0.4, 0.5) is 4.39 Å². The van der Waals surface area contributed by atoms with Crippen molar-refractivity contribution in [3.63, 3.8) is 0 Å². The van der Waals surface area contributed by atoms with Crippen molar-refractivity contribution < 1.29 is 54.3 Å². The summed E-state index contributed by atoms with van der Waals surface area (Å²) in [7, 11) is 0. The van der Waals surface area contributed by atoms with Crippen LogP contribution in [-0.2, 0) is 14.2 Å². The van der Waals surface area contributed by atoms with E-state index >= 15 is 0 Å². The van der Waals surface area contributed by atoms with E-state index in [1.165, 1.54) is 0 Å². The van der Waals surface area contributed by atoms with Gasteiger partial charge in [0, 0.05) is 0 Å². The van der Waals surface area contributed by atoms with Crippen LogP contribution < -0.4 is 0 Å². The SMILES string of the molecule is OC[C@H]1O[C@@H](O[C@H]2[C@H](O)[C@@H](O)[C@H](O)O[C@@H]2CO)[C@H](O)[C@@H](O)[C@H]1F. The zero-order valence-electron chi connectivity index (χ0n) is 11.9. The molecule has 2 aliphatic rings. The predicted molar refractivity (Wildman–Crippen MR) is 67.5 cm³/mol. The van der Waals surface area contributed by atoms with Crippen LogP contribution in [0.25, 0.3) is 0 Å². The average Bonchev–Trinajstić information content (AvgIpc) is 2.55. The lowest BCUT2D eigenvalue weighted by Crippen LogP contribution is -2.63. The number of aliphatic hydroxyl groups is 7. The minimum absolute atomic E-state index is 0.702. The Bertz CT molecular complexity index is 383. The lowest BCUT2D eigenvalue weighted by Gasteiger charge is -2.44. The van der Waals surface area contributed by atoms with Crippen LogP contribution >= 0.6 is 0 Å². The van der Waals surface area contributed by atoms with E-state index in [1.807, 2.05) is 0 Å². The van der Waals surface area contributed by atoms with E-state index in [1.54, 1.807) is 0 Å². The molecule has 2 rings (SSSR count). The summed E-state index contributed by atoms with van der Waals surface area (Å²) in [6, 6.07) is 0. The molecule has 0 aromatic heterocycles. The van der Waals surface area contributed by atoms with Gasteiger partial charge in [0.05, 0.1) is 13.2 Å². The van der Waals surface area contributed by atoms with Gasteiger partial charge in [-0.05, 0) is 0 Å². The van der Waals surface area contributed by atoms with E-state index in [0.717, 1.165) is 0 Å². The molecular formula is C12H21FO10. The molecule has 0 aliphatic carbocycles. The number of hydrogen-bond acceptors (Lipinski definition) is 10. The minimum atomic E-state index is -2.05. The highest BCUT2D eigenvalue weighted by molar-refractivity contribution is 4.93. The molecule has 23 heavy (non-hydrogen) atoms. The van der Waals surface area contributed by atoms with E-state index < -0.39 is 74.7 Å². The first-order chi connectivity index (χ1) is 10.8. The fourth-order valence-corrected chi connectivity index (χ4v) is 2.54. The maximum absolute atomic E-state index is 13.6. The van der Waals surface area contributed by atoms with Gasteiger partial charge >= 0.3 is 0 Å². The van der Waals surface area contributed by atoms with Crippen molar-refractivity contribution in [2.75, 3.05) is 13.2 Å². The Morgan fingerprint density at radius 3 is 1.96 bits per heavy atom. The van der Waals surface area contributed by atoms with Gasteiger partial charge in [-0.2, -0.15) is 0 Å². The van der Waals surface area contributed by atoms with Crippen LogP contribution in [0.5, 0.6) is 0 Å². The molecule has 0 radical (unpaired) electrons. The molecular weight excluding hydrogens is 323 g/mol. The number of halogens is 1. The Labute approximate surface area is 130 Å². The third-order valence-electron chi connectivity index (χ3n) is 3.93. The summed E-state index contributed by atoms with van der Waals surface area (Å²) in [5.74, 6) is 0. The topological polar surface area (TPSA) is 169 Å². The molecule has 2 aliphatic heterocycles. The molecule has 11 heteroatoms. The molecule has 136 valence electrons. The third kappa shape index (κ3) is 3.64. The number of hydrogen-bond donors (Lipinski definition) is 7. The zero-order chi connectivity index (χ0) is 17.3. The van der Waals surface area contributed by atoms with E-state index in [9.17, 15) is 35.0 Å². The first-order valence-electron chi connectivity index (χ1n) is 7.04. The largest absolute Gasteiger partial charge is 0.394 e. The summed E-state index contributed by atoms with van der Waals surface area (Å²) in [6.07, 6.45) is -16.9. The highest BCUT2D eigenvalue weighted by Crippen LogP contribution is 2.29. The second-order valence-corrected chi connectivity index (χ2v) is 5.48. The Hall–Kier alpha value is -0.470. The summed E-state index contributed by atoms with van der Waals surface area (Å²) in [5.41, 5.74) is 0. The maximum Gasteiger partial charge on any atom is 0.187 e. The second-order valence-electron chi connectivity index (χ2n) is 5.48. The van der Waals surface area contributed by atoms with E-state index in [4.69, 9.17) is 19.3 Å². The highest BCUT2D eigenvalue weighted by Gasteiger charge is 2.50. The maximum atomic E-state index is 13.6. The Morgan fingerprint density at radius 2 is 1.39 bits per heavy atom. The Balaban J connectivity index is 2.11. The van der Waals surface area contributed by atoms with Crippen LogP contribution in [-0.4, -0.2) is 110 Å². The van der Waals surface area contributed by atoms with E-state index in [2.05, 4.69) is 0 Å². The van der Waals surface area contributed by atoms with Crippen LogP contribution in [0.2, 0.25) is 0 Å². The molecule has 2 saturated heterocycles.